The van der Waals surface area contributed by atoms with Crippen LogP contribution in [0.2, 0.25) is 0 Å². The highest BCUT2D eigenvalue weighted by Gasteiger charge is 2.22. The number of nitrogen functional groups attached to an aromatic ring is 1. The predicted molar refractivity (Wildman–Crippen MR) is 74.8 cm³/mol. The van der Waals surface area contributed by atoms with Gasteiger partial charge in [-0.15, -0.1) is 0 Å². The largest absolute Gasteiger partial charge is 0.398 e. The van der Waals surface area contributed by atoms with Crippen molar-refractivity contribution in [2.24, 2.45) is 0 Å². The summed E-state index contributed by atoms with van der Waals surface area (Å²) in [5, 5.41) is 2.91. The lowest BCUT2D eigenvalue weighted by Gasteiger charge is -2.20. The first-order valence-corrected chi connectivity index (χ1v) is 6.40. The molecule has 4 nitrogen and oxygen atoms in total. The number of nitrogens with zero attached hydrogens (tertiary/aromatic N) is 1. The summed E-state index contributed by atoms with van der Waals surface area (Å²) in [5.74, 6) is 0.0667. The average molecular weight is 247 g/mol. The van der Waals surface area contributed by atoms with Crippen molar-refractivity contribution in [3.63, 3.8) is 0 Å². The van der Waals surface area contributed by atoms with Crippen molar-refractivity contribution < 1.29 is 4.79 Å². The molecule has 18 heavy (non-hydrogen) atoms. The van der Waals surface area contributed by atoms with Gasteiger partial charge < -0.3 is 16.0 Å². The molecule has 0 saturated carbocycles. The van der Waals surface area contributed by atoms with E-state index in [1.165, 1.54) is 5.56 Å². The zero-order chi connectivity index (χ0) is 13.3. The van der Waals surface area contributed by atoms with Crippen LogP contribution in [-0.4, -0.2) is 25.0 Å². The van der Waals surface area contributed by atoms with Crippen molar-refractivity contribution in [3.05, 3.63) is 23.3 Å². The molecule has 0 bridgehead atoms. The van der Waals surface area contributed by atoms with Gasteiger partial charge in [0.15, 0.2) is 0 Å². The summed E-state index contributed by atoms with van der Waals surface area (Å²) in [6, 6.07) is 4.30. The minimum atomic E-state index is 0.0667. The molecule has 1 amide bonds. The van der Waals surface area contributed by atoms with Gasteiger partial charge in [-0.25, -0.2) is 0 Å². The molecule has 3 N–H and O–H groups in total. The third-order valence-electron chi connectivity index (χ3n) is 3.24. The summed E-state index contributed by atoms with van der Waals surface area (Å²) in [6.07, 6.45) is 0.991. The summed E-state index contributed by atoms with van der Waals surface area (Å²) >= 11 is 0. The Labute approximate surface area is 108 Å². The van der Waals surface area contributed by atoms with Crippen LogP contribution >= 0.6 is 0 Å². The number of benzene rings is 1. The topological polar surface area (TPSA) is 58.4 Å². The summed E-state index contributed by atoms with van der Waals surface area (Å²) in [6.45, 7) is 7.26. The second-order valence-corrected chi connectivity index (χ2v) is 5.23. The fourth-order valence-corrected chi connectivity index (χ4v) is 2.35. The third kappa shape index (κ3) is 2.58. The number of amides is 1. The Kier molecular flexibility index (Phi) is 3.45. The zero-order valence-electron chi connectivity index (χ0n) is 11.3. The van der Waals surface area contributed by atoms with E-state index in [0.717, 1.165) is 29.9 Å². The molecule has 0 atom stereocenters. The molecule has 0 unspecified atom stereocenters. The Hall–Kier alpha value is -1.71. The van der Waals surface area contributed by atoms with Gasteiger partial charge in [-0.3, -0.25) is 4.79 Å². The lowest BCUT2D eigenvalue weighted by Crippen LogP contribution is -2.39. The predicted octanol–water partition coefficient (Wildman–Crippen LogP) is 1.46. The van der Waals surface area contributed by atoms with Gasteiger partial charge in [0.2, 0.25) is 5.91 Å². The van der Waals surface area contributed by atoms with Crippen LogP contribution in [0.3, 0.4) is 0 Å². The van der Waals surface area contributed by atoms with Gasteiger partial charge in [-0.05, 0) is 44.4 Å². The lowest BCUT2D eigenvalue weighted by molar-refractivity contribution is -0.120. The Morgan fingerprint density at radius 3 is 2.89 bits per heavy atom. The van der Waals surface area contributed by atoms with Gasteiger partial charge in [0.25, 0.3) is 0 Å². The standard InChI is InChI=1S/C14H21N3O/c1-9(2)16-14(18)8-17-5-4-11-6-10(3)12(15)7-13(11)17/h6-7,9H,4-5,8,15H2,1-3H3,(H,16,18). The molecule has 1 aromatic carbocycles. The fraction of sp³-hybridized carbons (Fsp3) is 0.500. The number of hydrogen-bond donors (Lipinski definition) is 2. The van der Waals surface area contributed by atoms with E-state index in [-0.39, 0.29) is 11.9 Å². The van der Waals surface area contributed by atoms with E-state index in [1.807, 2.05) is 26.8 Å². The maximum atomic E-state index is 11.8. The first-order chi connectivity index (χ1) is 8.47. The highest BCUT2D eigenvalue weighted by atomic mass is 16.2. The van der Waals surface area contributed by atoms with E-state index in [0.29, 0.717) is 6.54 Å². The second kappa shape index (κ2) is 4.88. The number of hydrogen-bond acceptors (Lipinski definition) is 3. The van der Waals surface area contributed by atoms with Crippen LogP contribution in [0.1, 0.15) is 25.0 Å². The highest BCUT2D eigenvalue weighted by molar-refractivity contribution is 5.83. The van der Waals surface area contributed by atoms with E-state index in [9.17, 15) is 4.79 Å². The van der Waals surface area contributed by atoms with E-state index < -0.39 is 0 Å². The number of fused-ring (bicyclic) bond motifs is 1. The van der Waals surface area contributed by atoms with Crippen molar-refractivity contribution >= 4 is 17.3 Å². The molecule has 0 radical (unpaired) electrons. The maximum absolute atomic E-state index is 11.8. The average Bonchev–Trinajstić information content (AvgIpc) is 2.61. The molecular formula is C14H21N3O. The molecule has 1 aromatic rings. The fourth-order valence-electron chi connectivity index (χ4n) is 2.35. The van der Waals surface area contributed by atoms with E-state index >= 15 is 0 Å². The smallest absolute Gasteiger partial charge is 0.239 e. The minimum Gasteiger partial charge on any atom is -0.398 e. The van der Waals surface area contributed by atoms with Crippen LogP contribution in [0.15, 0.2) is 12.1 Å². The van der Waals surface area contributed by atoms with Crippen LogP contribution in [0.5, 0.6) is 0 Å². The Balaban J connectivity index is 2.12. The normalized spacial score (nSPS) is 13.9. The molecule has 0 spiro atoms. The Bertz CT molecular complexity index is 468. The molecule has 1 heterocycles. The van der Waals surface area contributed by atoms with Gasteiger partial charge in [0.05, 0.1) is 6.54 Å². The molecule has 4 heteroatoms. The molecule has 0 aliphatic carbocycles. The van der Waals surface area contributed by atoms with Crippen molar-refractivity contribution in [1.82, 2.24) is 5.32 Å². The molecule has 2 rings (SSSR count). The van der Waals surface area contributed by atoms with Gasteiger partial charge in [-0.2, -0.15) is 0 Å². The number of nitrogens with two attached hydrogens (primary N) is 1. The van der Waals surface area contributed by atoms with Crippen LogP contribution in [0.4, 0.5) is 11.4 Å². The molecule has 1 aliphatic rings. The first-order valence-electron chi connectivity index (χ1n) is 6.40. The van der Waals surface area contributed by atoms with Gasteiger partial charge in [0, 0.05) is 24.0 Å². The van der Waals surface area contributed by atoms with Crippen molar-refractivity contribution in [3.8, 4) is 0 Å². The second-order valence-electron chi connectivity index (χ2n) is 5.23. The van der Waals surface area contributed by atoms with Crippen molar-refractivity contribution in [2.45, 2.75) is 33.2 Å². The molecule has 0 aromatic heterocycles. The molecule has 0 fully saturated rings. The third-order valence-corrected chi connectivity index (χ3v) is 3.24. The summed E-state index contributed by atoms with van der Waals surface area (Å²) in [7, 11) is 0. The van der Waals surface area contributed by atoms with Crippen molar-refractivity contribution in [1.29, 1.82) is 0 Å². The maximum Gasteiger partial charge on any atom is 0.239 e. The summed E-state index contributed by atoms with van der Waals surface area (Å²) in [4.78, 5) is 13.9. The van der Waals surface area contributed by atoms with Gasteiger partial charge >= 0.3 is 0 Å². The molecule has 98 valence electrons. The minimum absolute atomic E-state index is 0.0667. The summed E-state index contributed by atoms with van der Waals surface area (Å²) < 4.78 is 0. The molecular weight excluding hydrogens is 226 g/mol. The number of rotatable bonds is 3. The van der Waals surface area contributed by atoms with Gasteiger partial charge in [0.1, 0.15) is 0 Å². The van der Waals surface area contributed by atoms with Crippen LogP contribution in [0.25, 0.3) is 0 Å². The lowest BCUT2D eigenvalue weighted by atomic mass is 10.1. The zero-order valence-corrected chi connectivity index (χ0v) is 11.3. The number of anilines is 2. The number of nitrogens with one attached hydrogen (secondary N) is 1. The quantitative estimate of drug-likeness (QED) is 0.795. The molecule has 0 saturated heterocycles. The number of aryl methyl sites for hydroxylation is 1. The first kappa shape index (κ1) is 12.7. The Morgan fingerprint density at radius 1 is 1.50 bits per heavy atom. The van der Waals surface area contributed by atoms with E-state index in [2.05, 4.69) is 16.3 Å². The SMILES string of the molecule is Cc1cc2c(cc1N)N(CC(=O)NC(C)C)CC2. The van der Waals surface area contributed by atoms with E-state index in [1.54, 1.807) is 0 Å². The number of carbonyl (C=O) groups excluding carboxylic acids is 1. The van der Waals surface area contributed by atoms with Crippen LogP contribution in [0, 0.1) is 6.92 Å². The highest BCUT2D eigenvalue weighted by Crippen LogP contribution is 2.31. The molecule has 1 aliphatic heterocycles. The van der Waals surface area contributed by atoms with E-state index in [4.69, 9.17) is 5.73 Å². The van der Waals surface area contributed by atoms with Crippen LogP contribution < -0.4 is 16.0 Å². The van der Waals surface area contributed by atoms with Crippen LogP contribution in [-0.2, 0) is 11.2 Å². The van der Waals surface area contributed by atoms with Gasteiger partial charge in [-0.1, -0.05) is 6.07 Å². The monoisotopic (exact) mass is 247 g/mol. The summed E-state index contributed by atoms with van der Waals surface area (Å²) in [5.41, 5.74) is 10.2. The van der Waals surface area contributed by atoms with Crippen molar-refractivity contribution in [2.75, 3.05) is 23.7 Å². The Morgan fingerprint density at radius 2 is 2.22 bits per heavy atom. The number of carbonyl (C=O) groups is 1.